The van der Waals surface area contributed by atoms with Crippen molar-refractivity contribution in [1.29, 1.82) is 0 Å². The Balaban J connectivity index is 2.10. The summed E-state index contributed by atoms with van der Waals surface area (Å²) in [4.78, 5) is 0. The van der Waals surface area contributed by atoms with Gasteiger partial charge in [-0.3, -0.25) is 0 Å². The number of benzene rings is 1. The Morgan fingerprint density at radius 3 is 2.76 bits per heavy atom. The third-order valence-corrected chi connectivity index (χ3v) is 3.78. The molecule has 1 nitrogen and oxygen atoms in total. The molecule has 0 aromatic heterocycles. The average Bonchev–Trinajstić information content (AvgIpc) is 2.22. The zero-order chi connectivity index (χ0) is 12.5. The lowest BCUT2D eigenvalue weighted by Crippen LogP contribution is -2.32. The van der Waals surface area contributed by atoms with Gasteiger partial charge in [-0.1, -0.05) is 32.4 Å². The van der Waals surface area contributed by atoms with Crippen LogP contribution in [0.1, 0.15) is 45.1 Å². The van der Waals surface area contributed by atoms with Gasteiger partial charge in [0.15, 0.2) is 0 Å². The highest BCUT2D eigenvalue weighted by Crippen LogP contribution is 2.36. The maximum atomic E-state index is 13.7. The molecule has 1 saturated carbocycles. The van der Waals surface area contributed by atoms with Crippen LogP contribution in [0.4, 0.5) is 10.1 Å². The largest absolute Gasteiger partial charge is 0.380 e. The second-order valence-corrected chi connectivity index (χ2v) is 6.03. The summed E-state index contributed by atoms with van der Waals surface area (Å²) in [6, 6.07) is 5.66. The summed E-state index contributed by atoms with van der Waals surface area (Å²) in [5.41, 5.74) is 2.07. The summed E-state index contributed by atoms with van der Waals surface area (Å²) < 4.78 is 13.7. The molecule has 2 heteroatoms. The van der Waals surface area contributed by atoms with Crippen molar-refractivity contribution in [3.8, 4) is 0 Å². The number of para-hydroxylation sites is 1. The van der Waals surface area contributed by atoms with Gasteiger partial charge in [-0.05, 0) is 43.2 Å². The van der Waals surface area contributed by atoms with Gasteiger partial charge in [0, 0.05) is 6.04 Å². The average molecular weight is 235 g/mol. The number of anilines is 1. The molecule has 0 bridgehead atoms. The van der Waals surface area contributed by atoms with Crippen LogP contribution in [-0.4, -0.2) is 6.04 Å². The Kier molecular flexibility index (Phi) is 3.41. The molecular weight excluding hydrogens is 213 g/mol. The monoisotopic (exact) mass is 235 g/mol. The number of nitrogens with one attached hydrogen (secondary N) is 1. The maximum Gasteiger partial charge on any atom is 0.146 e. The highest BCUT2D eigenvalue weighted by atomic mass is 19.1. The lowest BCUT2D eigenvalue weighted by Gasteiger charge is -2.36. The normalized spacial score (nSPS) is 23.4. The maximum absolute atomic E-state index is 13.7. The first kappa shape index (κ1) is 12.4. The van der Waals surface area contributed by atoms with Crippen molar-refractivity contribution < 1.29 is 4.39 Å². The van der Waals surface area contributed by atoms with Crippen molar-refractivity contribution in [3.63, 3.8) is 0 Å². The molecule has 94 valence electrons. The van der Waals surface area contributed by atoms with Crippen LogP contribution in [0.3, 0.4) is 0 Å². The van der Waals surface area contributed by atoms with Crippen molar-refractivity contribution in [1.82, 2.24) is 0 Å². The highest BCUT2D eigenvalue weighted by Gasteiger charge is 2.28. The van der Waals surface area contributed by atoms with E-state index in [0.717, 1.165) is 18.4 Å². The molecule has 1 unspecified atom stereocenters. The van der Waals surface area contributed by atoms with Gasteiger partial charge in [-0.15, -0.1) is 0 Å². The van der Waals surface area contributed by atoms with Gasteiger partial charge < -0.3 is 5.32 Å². The Labute approximate surface area is 103 Å². The predicted molar refractivity (Wildman–Crippen MR) is 70.8 cm³/mol. The zero-order valence-corrected chi connectivity index (χ0v) is 11.0. The molecule has 1 aliphatic carbocycles. The molecule has 0 radical (unpaired) electrons. The molecule has 2 rings (SSSR count). The molecule has 1 aromatic rings. The number of halogens is 1. The number of aryl methyl sites for hydroxylation is 1. The fourth-order valence-corrected chi connectivity index (χ4v) is 2.84. The van der Waals surface area contributed by atoms with E-state index in [1.807, 2.05) is 13.0 Å². The minimum Gasteiger partial charge on any atom is -0.380 e. The first-order chi connectivity index (χ1) is 7.98. The SMILES string of the molecule is Cc1cccc(F)c1NC1CCCC(C)(C)C1. The number of hydrogen-bond donors (Lipinski definition) is 1. The van der Waals surface area contributed by atoms with E-state index in [9.17, 15) is 4.39 Å². The molecule has 0 aliphatic heterocycles. The van der Waals surface area contributed by atoms with Gasteiger partial charge in [0.2, 0.25) is 0 Å². The van der Waals surface area contributed by atoms with Gasteiger partial charge in [-0.2, -0.15) is 0 Å². The minimum atomic E-state index is -0.131. The quantitative estimate of drug-likeness (QED) is 0.795. The van der Waals surface area contributed by atoms with Crippen molar-refractivity contribution in [2.45, 2.75) is 52.5 Å². The molecule has 1 N–H and O–H groups in total. The van der Waals surface area contributed by atoms with Crippen molar-refractivity contribution >= 4 is 5.69 Å². The lowest BCUT2D eigenvalue weighted by atomic mass is 9.75. The van der Waals surface area contributed by atoms with Crippen molar-refractivity contribution in [2.75, 3.05) is 5.32 Å². The molecule has 0 heterocycles. The molecule has 0 saturated heterocycles. The van der Waals surface area contributed by atoms with Crippen LogP contribution in [0.2, 0.25) is 0 Å². The lowest BCUT2D eigenvalue weighted by molar-refractivity contribution is 0.229. The Hall–Kier alpha value is -1.05. The van der Waals surface area contributed by atoms with Crippen LogP contribution in [0, 0.1) is 18.2 Å². The predicted octanol–water partition coefficient (Wildman–Crippen LogP) is 4.51. The summed E-state index contributed by atoms with van der Waals surface area (Å²) in [7, 11) is 0. The molecule has 0 amide bonds. The Morgan fingerprint density at radius 1 is 1.35 bits per heavy atom. The topological polar surface area (TPSA) is 12.0 Å². The molecule has 1 aromatic carbocycles. The molecule has 17 heavy (non-hydrogen) atoms. The summed E-state index contributed by atoms with van der Waals surface area (Å²) in [6.07, 6.45) is 4.79. The van der Waals surface area contributed by atoms with Gasteiger partial charge in [0.05, 0.1) is 5.69 Å². The summed E-state index contributed by atoms with van der Waals surface area (Å²) in [5.74, 6) is -0.131. The van der Waals surface area contributed by atoms with E-state index in [2.05, 4.69) is 19.2 Å². The first-order valence-corrected chi connectivity index (χ1v) is 6.50. The van der Waals surface area contributed by atoms with E-state index < -0.39 is 0 Å². The zero-order valence-electron chi connectivity index (χ0n) is 11.0. The van der Waals surface area contributed by atoms with Crippen molar-refractivity contribution in [2.24, 2.45) is 5.41 Å². The van der Waals surface area contributed by atoms with Gasteiger partial charge in [0.1, 0.15) is 5.82 Å². The summed E-state index contributed by atoms with van der Waals surface area (Å²) in [6.45, 7) is 6.56. The van der Waals surface area contributed by atoms with Crippen LogP contribution in [0.5, 0.6) is 0 Å². The second kappa shape index (κ2) is 4.67. The second-order valence-electron chi connectivity index (χ2n) is 6.03. The third-order valence-electron chi connectivity index (χ3n) is 3.78. The third kappa shape index (κ3) is 2.99. The first-order valence-electron chi connectivity index (χ1n) is 6.50. The van der Waals surface area contributed by atoms with E-state index in [1.54, 1.807) is 6.07 Å². The molecule has 1 atom stereocenters. The Bertz CT molecular complexity index is 378. The fourth-order valence-electron chi connectivity index (χ4n) is 2.84. The van der Waals surface area contributed by atoms with Gasteiger partial charge in [0.25, 0.3) is 0 Å². The molecule has 1 aliphatic rings. The van der Waals surface area contributed by atoms with Gasteiger partial charge >= 0.3 is 0 Å². The van der Waals surface area contributed by atoms with E-state index in [0.29, 0.717) is 17.1 Å². The van der Waals surface area contributed by atoms with Crippen LogP contribution >= 0.6 is 0 Å². The minimum absolute atomic E-state index is 0.131. The fraction of sp³-hybridized carbons (Fsp3) is 0.600. The standard InChI is InChI=1S/C15H22FN/c1-11-6-4-8-13(16)14(11)17-12-7-5-9-15(2,3)10-12/h4,6,8,12,17H,5,7,9-10H2,1-3H3. The van der Waals surface area contributed by atoms with E-state index >= 15 is 0 Å². The van der Waals surface area contributed by atoms with Crippen LogP contribution in [0.15, 0.2) is 18.2 Å². The number of hydrogen-bond acceptors (Lipinski definition) is 1. The molecular formula is C15H22FN. The summed E-state index contributed by atoms with van der Waals surface area (Å²) in [5, 5.41) is 3.40. The van der Waals surface area contributed by atoms with Crippen LogP contribution in [-0.2, 0) is 0 Å². The van der Waals surface area contributed by atoms with E-state index in [-0.39, 0.29) is 5.82 Å². The van der Waals surface area contributed by atoms with Crippen molar-refractivity contribution in [3.05, 3.63) is 29.6 Å². The smallest absolute Gasteiger partial charge is 0.146 e. The van der Waals surface area contributed by atoms with Gasteiger partial charge in [-0.25, -0.2) is 4.39 Å². The van der Waals surface area contributed by atoms with Crippen LogP contribution in [0.25, 0.3) is 0 Å². The van der Waals surface area contributed by atoms with Crippen LogP contribution < -0.4 is 5.32 Å². The Morgan fingerprint density at radius 2 is 2.12 bits per heavy atom. The van der Waals surface area contributed by atoms with E-state index in [1.165, 1.54) is 18.9 Å². The highest BCUT2D eigenvalue weighted by molar-refractivity contribution is 5.52. The molecule has 0 spiro atoms. The van der Waals surface area contributed by atoms with E-state index in [4.69, 9.17) is 0 Å². The summed E-state index contributed by atoms with van der Waals surface area (Å²) >= 11 is 0. The molecule has 1 fully saturated rings. The number of rotatable bonds is 2.